The Morgan fingerprint density at radius 1 is 1.04 bits per heavy atom. The second-order valence-corrected chi connectivity index (χ2v) is 8.88. The van der Waals surface area contributed by atoms with Crippen molar-refractivity contribution >= 4 is 0 Å². The van der Waals surface area contributed by atoms with Crippen LogP contribution in [0.4, 0.5) is 0 Å². The largest absolute Gasteiger partial charge is 0.376 e. The lowest BCUT2D eigenvalue weighted by Gasteiger charge is -2.46. The van der Waals surface area contributed by atoms with Crippen LogP contribution in [-0.2, 0) is 4.74 Å². The number of rotatable bonds is 2. The number of nitrogens with one attached hydrogen (secondary N) is 1. The third-order valence-corrected chi connectivity index (χ3v) is 7.26. The highest BCUT2D eigenvalue weighted by molar-refractivity contribution is 5.03. The molecule has 3 heterocycles. The van der Waals surface area contributed by atoms with E-state index in [0.717, 1.165) is 19.7 Å². The molecule has 4 aliphatic rings. The van der Waals surface area contributed by atoms with E-state index in [1.165, 1.54) is 77.3 Å². The molecule has 3 aliphatic heterocycles. The second-order valence-electron chi connectivity index (χ2n) is 8.88. The van der Waals surface area contributed by atoms with Gasteiger partial charge in [0.1, 0.15) is 0 Å². The van der Waals surface area contributed by atoms with Crippen molar-refractivity contribution in [2.24, 2.45) is 11.1 Å². The minimum atomic E-state index is 0.382. The van der Waals surface area contributed by atoms with E-state index in [4.69, 9.17) is 10.5 Å². The monoisotopic (exact) mass is 321 g/mol. The van der Waals surface area contributed by atoms with Crippen LogP contribution in [0.25, 0.3) is 0 Å². The van der Waals surface area contributed by atoms with Gasteiger partial charge in [0.2, 0.25) is 0 Å². The summed E-state index contributed by atoms with van der Waals surface area (Å²) in [6.45, 7) is 5.57. The maximum atomic E-state index is 6.39. The van der Waals surface area contributed by atoms with Crippen molar-refractivity contribution in [3.05, 3.63) is 0 Å². The highest BCUT2D eigenvalue weighted by Gasteiger charge is 2.46. The summed E-state index contributed by atoms with van der Waals surface area (Å²) >= 11 is 0. The lowest BCUT2D eigenvalue weighted by Crippen LogP contribution is -2.51. The Morgan fingerprint density at radius 3 is 2.52 bits per heavy atom. The van der Waals surface area contributed by atoms with E-state index in [1.807, 2.05) is 0 Å². The zero-order chi connectivity index (χ0) is 15.8. The van der Waals surface area contributed by atoms with Gasteiger partial charge in [-0.1, -0.05) is 19.3 Å². The number of piperidine rings is 1. The van der Waals surface area contributed by atoms with Gasteiger partial charge in [-0.25, -0.2) is 0 Å². The molecule has 0 amide bonds. The Hall–Kier alpha value is -0.160. The van der Waals surface area contributed by atoms with E-state index in [0.29, 0.717) is 23.1 Å². The average molecular weight is 322 g/mol. The lowest BCUT2D eigenvalue weighted by atomic mass is 9.74. The molecule has 1 aliphatic carbocycles. The molecular formula is C19H35N3O. The molecule has 4 heteroatoms. The quantitative estimate of drug-likeness (QED) is 0.819. The van der Waals surface area contributed by atoms with Crippen LogP contribution in [0, 0.1) is 5.41 Å². The van der Waals surface area contributed by atoms with Crippen LogP contribution < -0.4 is 11.1 Å². The summed E-state index contributed by atoms with van der Waals surface area (Å²) in [6, 6.07) is 0.382. The van der Waals surface area contributed by atoms with Crippen molar-refractivity contribution in [1.29, 1.82) is 0 Å². The van der Waals surface area contributed by atoms with Crippen LogP contribution in [0.3, 0.4) is 0 Å². The molecule has 23 heavy (non-hydrogen) atoms. The number of ether oxygens (including phenoxy) is 1. The SMILES string of the molecule is NC1CN(CC2CCC3(CCNCC3)CO2)C2(CCCCC2)C1. The number of hydrogen-bond acceptors (Lipinski definition) is 4. The first-order chi connectivity index (χ1) is 11.2. The topological polar surface area (TPSA) is 50.5 Å². The summed E-state index contributed by atoms with van der Waals surface area (Å²) in [5, 5.41) is 3.49. The molecular weight excluding hydrogens is 286 g/mol. The predicted molar refractivity (Wildman–Crippen MR) is 93.5 cm³/mol. The van der Waals surface area contributed by atoms with Gasteiger partial charge in [-0.3, -0.25) is 4.90 Å². The summed E-state index contributed by atoms with van der Waals surface area (Å²) in [5.41, 5.74) is 7.27. The Bertz CT molecular complexity index is 391. The zero-order valence-electron chi connectivity index (χ0n) is 14.7. The maximum absolute atomic E-state index is 6.39. The van der Waals surface area contributed by atoms with Crippen molar-refractivity contribution in [2.75, 3.05) is 32.8 Å². The van der Waals surface area contributed by atoms with Crippen LogP contribution in [0.1, 0.15) is 64.2 Å². The minimum Gasteiger partial charge on any atom is -0.376 e. The summed E-state index contributed by atoms with van der Waals surface area (Å²) in [7, 11) is 0. The normalized spacial score (nSPS) is 37.4. The van der Waals surface area contributed by atoms with Crippen LogP contribution in [0.5, 0.6) is 0 Å². The molecule has 1 saturated carbocycles. The van der Waals surface area contributed by atoms with Crippen LogP contribution in [-0.4, -0.2) is 55.4 Å². The number of hydrogen-bond donors (Lipinski definition) is 2. The lowest BCUT2D eigenvalue weighted by molar-refractivity contribution is -0.0921. The number of nitrogens with two attached hydrogens (primary N) is 1. The Balaban J connectivity index is 1.35. The minimum absolute atomic E-state index is 0.382. The van der Waals surface area contributed by atoms with E-state index >= 15 is 0 Å². The maximum Gasteiger partial charge on any atom is 0.0702 e. The summed E-state index contributed by atoms with van der Waals surface area (Å²) in [6.07, 6.45) is 13.8. The van der Waals surface area contributed by atoms with Crippen molar-refractivity contribution < 1.29 is 4.74 Å². The first-order valence-corrected chi connectivity index (χ1v) is 10.0. The van der Waals surface area contributed by atoms with Crippen molar-refractivity contribution in [1.82, 2.24) is 10.2 Å². The molecule has 0 aromatic carbocycles. The van der Waals surface area contributed by atoms with Crippen LogP contribution >= 0.6 is 0 Å². The Labute approximate surface area is 141 Å². The zero-order valence-corrected chi connectivity index (χ0v) is 14.7. The van der Waals surface area contributed by atoms with E-state index in [9.17, 15) is 0 Å². The fourth-order valence-electron chi connectivity index (χ4n) is 5.82. The summed E-state index contributed by atoms with van der Waals surface area (Å²) in [4.78, 5) is 2.74. The molecule has 0 aromatic rings. The molecule has 0 bridgehead atoms. The van der Waals surface area contributed by atoms with E-state index in [-0.39, 0.29) is 0 Å². The van der Waals surface area contributed by atoms with Crippen molar-refractivity contribution in [2.45, 2.75) is 81.9 Å². The molecule has 2 spiro atoms. The third kappa shape index (κ3) is 3.33. The molecule has 0 aromatic heterocycles. The standard InChI is InChI=1S/C19H35N3O/c20-16-12-19(5-2-1-3-6-19)22(13-16)14-17-4-7-18(15-23-17)8-10-21-11-9-18/h16-17,21H,1-15,20H2. The van der Waals surface area contributed by atoms with Gasteiger partial charge in [0.25, 0.3) is 0 Å². The predicted octanol–water partition coefficient (Wildman–Crippen LogP) is 2.27. The van der Waals surface area contributed by atoms with Gasteiger partial charge in [-0.15, -0.1) is 0 Å². The first kappa shape index (κ1) is 16.3. The van der Waals surface area contributed by atoms with Gasteiger partial charge in [0.05, 0.1) is 12.7 Å². The van der Waals surface area contributed by atoms with E-state index in [1.54, 1.807) is 0 Å². The van der Waals surface area contributed by atoms with Gasteiger partial charge in [0.15, 0.2) is 0 Å². The molecule has 3 saturated heterocycles. The van der Waals surface area contributed by atoms with E-state index in [2.05, 4.69) is 10.2 Å². The second kappa shape index (κ2) is 6.62. The van der Waals surface area contributed by atoms with Gasteiger partial charge in [0, 0.05) is 24.7 Å². The fraction of sp³-hybridized carbons (Fsp3) is 1.00. The molecule has 4 nitrogen and oxygen atoms in total. The van der Waals surface area contributed by atoms with Gasteiger partial charge < -0.3 is 15.8 Å². The third-order valence-electron chi connectivity index (χ3n) is 7.26. The summed E-state index contributed by atoms with van der Waals surface area (Å²) in [5.74, 6) is 0. The molecule has 0 radical (unpaired) electrons. The van der Waals surface area contributed by atoms with Crippen molar-refractivity contribution in [3.63, 3.8) is 0 Å². The Morgan fingerprint density at radius 2 is 1.83 bits per heavy atom. The smallest absolute Gasteiger partial charge is 0.0702 e. The average Bonchev–Trinajstić information content (AvgIpc) is 2.86. The molecule has 2 atom stereocenters. The highest BCUT2D eigenvalue weighted by Crippen LogP contribution is 2.43. The van der Waals surface area contributed by atoms with Gasteiger partial charge >= 0.3 is 0 Å². The van der Waals surface area contributed by atoms with Gasteiger partial charge in [-0.2, -0.15) is 0 Å². The van der Waals surface area contributed by atoms with Gasteiger partial charge in [-0.05, 0) is 63.5 Å². The molecule has 2 unspecified atom stereocenters. The summed E-state index contributed by atoms with van der Waals surface area (Å²) < 4.78 is 6.39. The van der Waals surface area contributed by atoms with Crippen molar-refractivity contribution in [3.8, 4) is 0 Å². The number of nitrogens with zero attached hydrogens (tertiary/aromatic N) is 1. The molecule has 4 rings (SSSR count). The first-order valence-electron chi connectivity index (χ1n) is 10.0. The number of likely N-dealkylation sites (tertiary alicyclic amines) is 1. The van der Waals surface area contributed by atoms with Crippen LogP contribution in [0.2, 0.25) is 0 Å². The highest BCUT2D eigenvalue weighted by atomic mass is 16.5. The Kier molecular flexibility index (Phi) is 4.70. The molecule has 4 fully saturated rings. The van der Waals surface area contributed by atoms with E-state index < -0.39 is 0 Å². The van der Waals surface area contributed by atoms with Crippen LogP contribution in [0.15, 0.2) is 0 Å². The molecule has 3 N–H and O–H groups in total. The molecule has 132 valence electrons. The fourth-order valence-corrected chi connectivity index (χ4v) is 5.82.